The average Bonchev–Trinajstić information content (AvgIpc) is 2.63. The van der Waals surface area contributed by atoms with Crippen molar-refractivity contribution < 1.29 is 5.11 Å². The molecular weight excluding hydrogens is 176 g/mol. The normalized spacial score (nSPS) is 17.1. The van der Waals surface area contributed by atoms with Crippen molar-refractivity contribution in [2.45, 2.75) is 38.6 Å². The molecule has 1 aromatic rings. The van der Waals surface area contributed by atoms with E-state index in [2.05, 4.69) is 11.9 Å². The molecule has 0 spiro atoms. The fourth-order valence-corrected chi connectivity index (χ4v) is 2.48. The summed E-state index contributed by atoms with van der Waals surface area (Å²) >= 11 is 0. The Morgan fingerprint density at radius 3 is 3.00 bits per heavy atom. The van der Waals surface area contributed by atoms with E-state index in [9.17, 15) is 0 Å². The van der Waals surface area contributed by atoms with Crippen LogP contribution in [0.4, 0.5) is 0 Å². The highest BCUT2D eigenvalue weighted by atomic mass is 16.3. The molecule has 1 unspecified atom stereocenters. The lowest BCUT2D eigenvalue weighted by Gasteiger charge is -2.11. The maximum absolute atomic E-state index is 8.88. The van der Waals surface area contributed by atoms with Gasteiger partial charge in [-0.25, -0.2) is 0 Å². The molecule has 0 bridgehead atoms. The summed E-state index contributed by atoms with van der Waals surface area (Å²) in [6, 6.07) is -0.00176. The number of aryl methyl sites for hydroxylation is 2. The van der Waals surface area contributed by atoms with Crippen molar-refractivity contribution in [1.29, 1.82) is 0 Å². The Bertz CT molecular complexity index is 330. The fourth-order valence-electron chi connectivity index (χ4n) is 2.48. The van der Waals surface area contributed by atoms with Crippen LogP contribution in [-0.4, -0.2) is 16.7 Å². The maximum atomic E-state index is 8.88. The summed E-state index contributed by atoms with van der Waals surface area (Å²) in [7, 11) is 0. The standard InChI is InChI=1S/C11H18N2O/c1-7-11(9(12)5-6-14)8-3-2-4-10(8)13-7/h9,13-14H,2-6,12H2,1H3. The van der Waals surface area contributed by atoms with E-state index < -0.39 is 0 Å². The van der Waals surface area contributed by atoms with Crippen LogP contribution in [0.25, 0.3) is 0 Å². The van der Waals surface area contributed by atoms with Crippen LogP contribution in [0.3, 0.4) is 0 Å². The monoisotopic (exact) mass is 194 g/mol. The van der Waals surface area contributed by atoms with Gasteiger partial charge in [0.05, 0.1) is 0 Å². The average molecular weight is 194 g/mol. The number of aromatic nitrogens is 1. The van der Waals surface area contributed by atoms with Crippen molar-refractivity contribution in [1.82, 2.24) is 4.98 Å². The van der Waals surface area contributed by atoms with Gasteiger partial charge in [-0.2, -0.15) is 0 Å². The topological polar surface area (TPSA) is 62.0 Å². The molecular formula is C11H18N2O. The summed E-state index contributed by atoms with van der Waals surface area (Å²) in [6.45, 7) is 2.24. The van der Waals surface area contributed by atoms with Crippen molar-refractivity contribution in [3.63, 3.8) is 0 Å². The van der Waals surface area contributed by atoms with E-state index in [4.69, 9.17) is 10.8 Å². The van der Waals surface area contributed by atoms with Crippen molar-refractivity contribution >= 4 is 0 Å². The lowest BCUT2D eigenvalue weighted by atomic mass is 10.00. The number of fused-ring (bicyclic) bond motifs is 1. The highest BCUT2D eigenvalue weighted by Gasteiger charge is 2.22. The Morgan fingerprint density at radius 2 is 2.29 bits per heavy atom. The molecule has 1 heterocycles. The first-order chi connectivity index (χ1) is 6.74. The molecule has 1 aliphatic rings. The number of nitrogens with two attached hydrogens (primary N) is 1. The second-order valence-electron chi connectivity index (χ2n) is 4.09. The molecule has 1 atom stereocenters. The van der Waals surface area contributed by atoms with Crippen LogP contribution in [0.2, 0.25) is 0 Å². The highest BCUT2D eigenvalue weighted by molar-refractivity contribution is 5.41. The number of aliphatic hydroxyl groups is 1. The van der Waals surface area contributed by atoms with Crippen LogP contribution in [0, 0.1) is 6.92 Å². The number of hydrogen-bond acceptors (Lipinski definition) is 2. The van der Waals surface area contributed by atoms with Crippen molar-refractivity contribution in [2.75, 3.05) is 6.61 Å². The third-order valence-corrected chi connectivity index (χ3v) is 3.10. The first kappa shape index (κ1) is 9.74. The molecule has 0 saturated heterocycles. The van der Waals surface area contributed by atoms with E-state index in [-0.39, 0.29) is 12.6 Å². The Balaban J connectivity index is 2.32. The molecule has 2 rings (SSSR count). The zero-order chi connectivity index (χ0) is 10.1. The molecule has 0 aromatic carbocycles. The number of rotatable bonds is 3. The maximum Gasteiger partial charge on any atom is 0.0449 e. The van der Waals surface area contributed by atoms with Gasteiger partial charge in [-0.3, -0.25) is 0 Å². The van der Waals surface area contributed by atoms with E-state index in [1.54, 1.807) is 0 Å². The number of nitrogens with one attached hydrogen (secondary N) is 1. The molecule has 0 saturated carbocycles. The number of H-pyrrole nitrogens is 1. The van der Waals surface area contributed by atoms with Crippen molar-refractivity contribution in [3.05, 3.63) is 22.5 Å². The first-order valence-corrected chi connectivity index (χ1v) is 5.30. The predicted molar refractivity (Wildman–Crippen MR) is 56.2 cm³/mol. The SMILES string of the molecule is Cc1[nH]c2c(c1C(N)CCO)CCC2. The molecule has 0 fully saturated rings. The van der Waals surface area contributed by atoms with Gasteiger partial charge in [0.25, 0.3) is 0 Å². The smallest absolute Gasteiger partial charge is 0.0449 e. The summed E-state index contributed by atoms with van der Waals surface area (Å²) < 4.78 is 0. The molecule has 0 amide bonds. The van der Waals surface area contributed by atoms with E-state index >= 15 is 0 Å². The molecule has 3 nitrogen and oxygen atoms in total. The van der Waals surface area contributed by atoms with Gasteiger partial charge in [0.15, 0.2) is 0 Å². The quantitative estimate of drug-likeness (QED) is 0.677. The van der Waals surface area contributed by atoms with Crippen LogP contribution < -0.4 is 5.73 Å². The second kappa shape index (κ2) is 3.75. The molecule has 4 N–H and O–H groups in total. The second-order valence-corrected chi connectivity index (χ2v) is 4.09. The van der Waals surface area contributed by atoms with Gasteiger partial charge < -0.3 is 15.8 Å². The molecule has 1 aliphatic carbocycles. The van der Waals surface area contributed by atoms with Gasteiger partial charge in [-0.15, -0.1) is 0 Å². The number of aromatic amines is 1. The Morgan fingerprint density at radius 1 is 1.50 bits per heavy atom. The first-order valence-electron chi connectivity index (χ1n) is 5.30. The zero-order valence-corrected chi connectivity index (χ0v) is 8.64. The minimum atomic E-state index is -0.00176. The third kappa shape index (κ3) is 1.47. The predicted octanol–water partition coefficient (Wildman–Crippen LogP) is 1.19. The van der Waals surface area contributed by atoms with E-state index in [0.717, 1.165) is 12.8 Å². The lowest BCUT2D eigenvalue weighted by molar-refractivity contribution is 0.276. The molecule has 3 heteroatoms. The van der Waals surface area contributed by atoms with E-state index in [1.807, 2.05) is 0 Å². The Labute approximate surface area is 84.3 Å². The summed E-state index contributed by atoms with van der Waals surface area (Å²) in [5.41, 5.74) is 11.3. The molecule has 0 radical (unpaired) electrons. The van der Waals surface area contributed by atoms with Gasteiger partial charge in [-0.05, 0) is 43.7 Å². The van der Waals surface area contributed by atoms with Gasteiger partial charge in [0.2, 0.25) is 0 Å². The van der Waals surface area contributed by atoms with Crippen LogP contribution in [0.5, 0.6) is 0 Å². The van der Waals surface area contributed by atoms with Gasteiger partial charge in [-0.1, -0.05) is 0 Å². The summed E-state index contributed by atoms with van der Waals surface area (Å²) in [5, 5.41) is 8.88. The Kier molecular flexibility index (Phi) is 2.61. The number of hydrogen-bond donors (Lipinski definition) is 3. The largest absolute Gasteiger partial charge is 0.396 e. The van der Waals surface area contributed by atoms with Gasteiger partial charge in [0.1, 0.15) is 0 Å². The zero-order valence-electron chi connectivity index (χ0n) is 8.64. The summed E-state index contributed by atoms with van der Waals surface area (Å²) in [4.78, 5) is 3.40. The van der Waals surface area contributed by atoms with Gasteiger partial charge >= 0.3 is 0 Å². The highest BCUT2D eigenvalue weighted by Crippen LogP contribution is 2.31. The van der Waals surface area contributed by atoms with Crippen molar-refractivity contribution in [3.8, 4) is 0 Å². The summed E-state index contributed by atoms with van der Waals surface area (Å²) in [6.07, 6.45) is 4.20. The van der Waals surface area contributed by atoms with E-state index in [1.165, 1.54) is 28.9 Å². The summed E-state index contributed by atoms with van der Waals surface area (Å²) in [5.74, 6) is 0. The fraction of sp³-hybridized carbons (Fsp3) is 0.636. The minimum absolute atomic E-state index is 0.00176. The Hall–Kier alpha value is -0.800. The lowest BCUT2D eigenvalue weighted by Crippen LogP contribution is -2.14. The molecule has 0 aliphatic heterocycles. The van der Waals surface area contributed by atoms with Crippen LogP contribution in [0.1, 0.15) is 41.4 Å². The van der Waals surface area contributed by atoms with E-state index in [0.29, 0.717) is 6.42 Å². The van der Waals surface area contributed by atoms with Crippen LogP contribution >= 0.6 is 0 Å². The molecule has 14 heavy (non-hydrogen) atoms. The van der Waals surface area contributed by atoms with Gasteiger partial charge in [0, 0.05) is 24.0 Å². The van der Waals surface area contributed by atoms with Crippen LogP contribution in [-0.2, 0) is 12.8 Å². The molecule has 78 valence electrons. The number of aliphatic hydroxyl groups excluding tert-OH is 1. The minimum Gasteiger partial charge on any atom is -0.396 e. The molecule has 1 aromatic heterocycles. The van der Waals surface area contributed by atoms with Crippen LogP contribution in [0.15, 0.2) is 0 Å². The van der Waals surface area contributed by atoms with Crippen molar-refractivity contribution in [2.24, 2.45) is 5.73 Å². The third-order valence-electron chi connectivity index (χ3n) is 3.10.